The number of oxazole rings is 1. The molecular weight excluding hydrogens is 352 g/mol. The number of aromatic nitrogens is 1. The first-order chi connectivity index (χ1) is 12.5. The second-order valence-corrected chi connectivity index (χ2v) is 7.42. The molecule has 1 unspecified atom stereocenters. The number of rotatable bonds is 10. The first-order valence-electron chi connectivity index (χ1n) is 8.73. The maximum Gasteiger partial charge on any atom is 0.232 e. The molecule has 1 aromatic carbocycles. The van der Waals surface area contributed by atoms with Crippen LogP contribution in [0.25, 0.3) is 11.5 Å². The number of benzene rings is 1. The highest BCUT2D eigenvalue weighted by Crippen LogP contribution is 2.25. The Labute approximate surface area is 156 Å². The van der Waals surface area contributed by atoms with Crippen LogP contribution in [-0.4, -0.2) is 40.6 Å². The lowest BCUT2D eigenvalue weighted by molar-refractivity contribution is -0.118. The summed E-state index contributed by atoms with van der Waals surface area (Å²) in [7, 11) is -1.33. The smallest absolute Gasteiger partial charge is 0.232 e. The Bertz CT molecular complexity index is 758. The molecule has 7 heteroatoms. The zero-order valence-corrected chi connectivity index (χ0v) is 16.4. The van der Waals surface area contributed by atoms with Gasteiger partial charge in [-0.1, -0.05) is 18.2 Å². The number of carbonyl (C=O) groups is 1. The van der Waals surface area contributed by atoms with E-state index in [-0.39, 0.29) is 17.4 Å². The van der Waals surface area contributed by atoms with E-state index in [4.69, 9.17) is 9.15 Å². The van der Waals surface area contributed by atoms with Gasteiger partial charge in [-0.3, -0.25) is 9.00 Å². The summed E-state index contributed by atoms with van der Waals surface area (Å²) in [6.45, 7) is 7.52. The zero-order valence-electron chi connectivity index (χ0n) is 15.5. The predicted octanol–water partition coefficient (Wildman–Crippen LogP) is 2.75. The molecule has 1 atom stereocenters. The van der Waals surface area contributed by atoms with E-state index in [1.54, 1.807) is 6.92 Å². The predicted molar refractivity (Wildman–Crippen MR) is 102 cm³/mol. The molecule has 142 valence electrons. The molecule has 2 rings (SSSR count). The Morgan fingerprint density at radius 1 is 1.31 bits per heavy atom. The number of hydrogen-bond donors (Lipinski definition) is 1. The highest BCUT2D eigenvalue weighted by molar-refractivity contribution is 7.84. The van der Waals surface area contributed by atoms with Gasteiger partial charge in [0.25, 0.3) is 0 Å². The zero-order chi connectivity index (χ0) is 18.9. The van der Waals surface area contributed by atoms with E-state index in [0.29, 0.717) is 37.1 Å². The highest BCUT2D eigenvalue weighted by atomic mass is 32.2. The van der Waals surface area contributed by atoms with Gasteiger partial charge in [-0.2, -0.15) is 0 Å². The molecule has 0 fully saturated rings. The summed E-state index contributed by atoms with van der Waals surface area (Å²) in [5.41, 5.74) is 2.61. The monoisotopic (exact) mass is 378 g/mol. The van der Waals surface area contributed by atoms with E-state index < -0.39 is 10.8 Å². The van der Waals surface area contributed by atoms with E-state index in [9.17, 15) is 9.00 Å². The first kappa shape index (κ1) is 20.3. The number of carbonyl (C=O) groups excluding carboxylic acids is 1. The Balaban J connectivity index is 1.87. The Hall–Kier alpha value is -1.99. The van der Waals surface area contributed by atoms with Crippen molar-refractivity contribution in [1.82, 2.24) is 10.3 Å². The Morgan fingerprint density at radius 2 is 2.08 bits per heavy atom. The largest absolute Gasteiger partial charge is 0.441 e. The van der Waals surface area contributed by atoms with Crippen LogP contribution in [0.2, 0.25) is 0 Å². The fourth-order valence-corrected chi connectivity index (χ4v) is 3.51. The van der Waals surface area contributed by atoms with Crippen molar-refractivity contribution < 1.29 is 18.2 Å². The van der Waals surface area contributed by atoms with Crippen molar-refractivity contribution in [3.63, 3.8) is 0 Å². The maximum atomic E-state index is 12.3. The number of hydrogen-bond acceptors (Lipinski definition) is 5. The number of nitrogens with one attached hydrogen (secondary N) is 1. The lowest BCUT2D eigenvalue weighted by Gasteiger charge is -2.05. The van der Waals surface area contributed by atoms with Crippen LogP contribution in [0.4, 0.5) is 0 Å². The summed E-state index contributed by atoms with van der Waals surface area (Å²) in [4.78, 5) is 16.3. The molecule has 6 nitrogen and oxygen atoms in total. The van der Waals surface area contributed by atoms with Crippen LogP contribution in [-0.2, 0) is 26.1 Å². The van der Waals surface area contributed by atoms with Gasteiger partial charge in [0.2, 0.25) is 11.8 Å². The summed E-state index contributed by atoms with van der Waals surface area (Å²) in [6, 6.07) is 7.81. The van der Waals surface area contributed by atoms with E-state index in [0.717, 1.165) is 17.5 Å². The molecule has 1 aromatic heterocycles. The number of amides is 1. The lowest BCUT2D eigenvalue weighted by atomic mass is 10.1. The minimum atomic E-state index is -1.33. The summed E-state index contributed by atoms with van der Waals surface area (Å²) >= 11 is 0. The molecular formula is C19H26N2O4S. The third-order valence-electron chi connectivity index (χ3n) is 3.85. The van der Waals surface area contributed by atoms with Gasteiger partial charge in [-0.05, 0) is 38.8 Å². The molecule has 1 N–H and O–H groups in total. The van der Waals surface area contributed by atoms with Crippen molar-refractivity contribution in [2.24, 2.45) is 0 Å². The van der Waals surface area contributed by atoms with Gasteiger partial charge < -0.3 is 14.5 Å². The molecule has 0 spiro atoms. The lowest BCUT2D eigenvalue weighted by Crippen LogP contribution is -2.30. The average Bonchev–Trinajstić information content (AvgIpc) is 2.95. The minimum Gasteiger partial charge on any atom is -0.441 e. The van der Waals surface area contributed by atoms with Crippen LogP contribution in [0.3, 0.4) is 0 Å². The van der Waals surface area contributed by atoms with Crippen molar-refractivity contribution >= 4 is 16.7 Å². The fourth-order valence-electron chi connectivity index (χ4n) is 2.44. The van der Waals surface area contributed by atoms with Gasteiger partial charge in [0.1, 0.15) is 11.5 Å². The number of nitrogens with zero attached hydrogens (tertiary/aromatic N) is 1. The molecule has 2 aromatic rings. The summed E-state index contributed by atoms with van der Waals surface area (Å²) in [5, 5.41) is 2.76. The standard InChI is InChI=1S/C19H26N2O4S/c1-4-24-11-7-10-20-18(22)13-26(23)12-17-15(3)25-19(21-17)16-9-6-5-8-14(16)2/h5-6,8-9H,4,7,10-13H2,1-3H3,(H,20,22). The Morgan fingerprint density at radius 3 is 2.81 bits per heavy atom. The molecule has 26 heavy (non-hydrogen) atoms. The molecule has 0 bridgehead atoms. The summed E-state index contributed by atoms with van der Waals surface area (Å²) in [6.07, 6.45) is 0.744. The van der Waals surface area contributed by atoms with Crippen molar-refractivity contribution in [1.29, 1.82) is 0 Å². The topological polar surface area (TPSA) is 81.4 Å². The second kappa shape index (κ2) is 10.2. The van der Waals surface area contributed by atoms with Crippen LogP contribution < -0.4 is 5.32 Å². The fraction of sp³-hybridized carbons (Fsp3) is 0.474. The van der Waals surface area contributed by atoms with Crippen molar-refractivity contribution in [3.8, 4) is 11.5 Å². The van der Waals surface area contributed by atoms with Gasteiger partial charge >= 0.3 is 0 Å². The van der Waals surface area contributed by atoms with Gasteiger partial charge in [-0.15, -0.1) is 0 Å². The quantitative estimate of drug-likeness (QED) is 0.643. The summed E-state index contributed by atoms with van der Waals surface area (Å²) in [5.74, 6) is 1.09. The van der Waals surface area contributed by atoms with E-state index in [1.807, 2.05) is 38.1 Å². The Kier molecular flexibility index (Phi) is 8.00. The summed E-state index contributed by atoms with van der Waals surface area (Å²) < 4.78 is 23.2. The van der Waals surface area contributed by atoms with Gasteiger partial charge in [0, 0.05) is 36.1 Å². The third kappa shape index (κ3) is 6.07. The molecule has 1 heterocycles. The maximum absolute atomic E-state index is 12.3. The average molecular weight is 378 g/mol. The normalized spacial score (nSPS) is 12.1. The molecule has 1 amide bonds. The van der Waals surface area contributed by atoms with E-state index >= 15 is 0 Å². The minimum absolute atomic E-state index is 0.0410. The van der Waals surface area contributed by atoms with Gasteiger partial charge in [0.15, 0.2) is 0 Å². The molecule has 0 radical (unpaired) electrons. The van der Waals surface area contributed by atoms with Crippen LogP contribution in [0.1, 0.15) is 30.4 Å². The van der Waals surface area contributed by atoms with Gasteiger partial charge in [0.05, 0.1) is 11.4 Å². The highest BCUT2D eigenvalue weighted by Gasteiger charge is 2.16. The first-order valence-corrected chi connectivity index (χ1v) is 10.2. The second-order valence-electron chi connectivity index (χ2n) is 5.97. The van der Waals surface area contributed by atoms with Crippen molar-refractivity contribution in [2.75, 3.05) is 25.5 Å². The molecule has 0 saturated heterocycles. The third-order valence-corrected chi connectivity index (χ3v) is 5.03. The molecule has 0 saturated carbocycles. The van der Waals surface area contributed by atoms with Gasteiger partial charge in [-0.25, -0.2) is 4.98 Å². The number of ether oxygens (including phenoxy) is 1. The molecule has 0 aliphatic heterocycles. The van der Waals surface area contributed by atoms with E-state index in [2.05, 4.69) is 10.3 Å². The van der Waals surface area contributed by atoms with Crippen molar-refractivity contribution in [3.05, 3.63) is 41.3 Å². The molecule has 0 aliphatic rings. The van der Waals surface area contributed by atoms with Crippen LogP contribution in [0.5, 0.6) is 0 Å². The number of aryl methyl sites for hydroxylation is 2. The van der Waals surface area contributed by atoms with Crippen LogP contribution >= 0.6 is 0 Å². The van der Waals surface area contributed by atoms with Crippen molar-refractivity contribution in [2.45, 2.75) is 32.9 Å². The van der Waals surface area contributed by atoms with Crippen LogP contribution in [0, 0.1) is 13.8 Å². The van der Waals surface area contributed by atoms with Crippen LogP contribution in [0.15, 0.2) is 28.7 Å². The molecule has 0 aliphatic carbocycles. The SMILES string of the molecule is CCOCCCNC(=O)CS(=O)Cc1nc(-c2ccccc2C)oc1C. The van der Waals surface area contributed by atoms with E-state index in [1.165, 1.54) is 0 Å².